The largest absolute Gasteiger partial charge is 0.480 e. The molecule has 0 saturated carbocycles. The second kappa shape index (κ2) is 5.95. The van der Waals surface area contributed by atoms with Crippen molar-refractivity contribution >= 4 is 14.3 Å². The van der Waals surface area contributed by atoms with Gasteiger partial charge in [-0.15, -0.1) is 0 Å². The van der Waals surface area contributed by atoms with E-state index in [1.54, 1.807) is 6.08 Å². The van der Waals surface area contributed by atoms with Crippen LogP contribution in [0.5, 0.6) is 0 Å². The van der Waals surface area contributed by atoms with Gasteiger partial charge in [0.1, 0.15) is 6.04 Å². The highest BCUT2D eigenvalue weighted by Crippen LogP contribution is 2.03. The van der Waals surface area contributed by atoms with Crippen molar-refractivity contribution in [1.29, 1.82) is 0 Å². The van der Waals surface area contributed by atoms with Gasteiger partial charge in [0, 0.05) is 6.61 Å². The average Bonchev–Trinajstić information content (AvgIpc) is 2.01. The normalized spacial score (nSPS) is 14.6. The summed E-state index contributed by atoms with van der Waals surface area (Å²) in [5, 5.41) is 8.47. The SMILES string of the molecule is C[Si](C)(C)OCC/C=C/C(N)C(=O)O. The van der Waals surface area contributed by atoms with Crippen LogP contribution in [0, 0.1) is 0 Å². The number of carboxylic acid groups (broad SMARTS) is 1. The predicted octanol–water partition coefficient (Wildman–Crippen LogP) is 1.20. The number of hydrogen-bond acceptors (Lipinski definition) is 3. The molecule has 0 saturated heterocycles. The molecule has 0 aromatic carbocycles. The average molecular weight is 217 g/mol. The number of hydrogen-bond donors (Lipinski definition) is 2. The van der Waals surface area contributed by atoms with Gasteiger partial charge in [-0.25, -0.2) is 0 Å². The summed E-state index contributed by atoms with van der Waals surface area (Å²) >= 11 is 0. The molecule has 1 unspecified atom stereocenters. The molecular weight excluding hydrogens is 198 g/mol. The third-order valence-corrected chi connectivity index (χ3v) is 2.52. The second-order valence-corrected chi connectivity index (χ2v) is 8.56. The molecule has 0 radical (unpaired) electrons. The Balaban J connectivity index is 3.59. The van der Waals surface area contributed by atoms with E-state index in [4.69, 9.17) is 15.3 Å². The number of aliphatic carboxylic acids is 1. The van der Waals surface area contributed by atoms with Crippen molar-refractivity contribution in [3.8, 4) is 0 Å². The van der Waals surface area contributed by atoms with E-state index in [-0.39, 0.29) is 0 Å². The van der Waals surface area contributed by atoms with Crippen LogP contribution in [-0.2, 0) is 9.22 Å². The first-order valence-corrected chi connectivity index (χ1v) is 8.03. The van der Waals surface area contributed by atoms with E-state index in [0.29, 0.717) is 13.0 Å². The second-order valence-electron chi connectivity index (χ2n) is 4.04. The molecule has 0 bridgehead atoms. The lowest BCUT2D eigenvalue weighted by molar-refractivity contribution is -0.137. The van der Waals surface area contributed by atoms with E-state index in [2.05, 4.69) is 19.6 Å². The number of carbonyl (C=O) groups is 1. The highest BCUT2D eigenvalue weighted by atomic mass is 28.4. The molecular formula is C9H19NO3Si. The zero-order valence-electron chi connectivity index (χ0n) is 8.99. The molecule has 4 nitrogen and oxygen atoms in total. The highest BCUT2D eigenvalue weighted by Gasteiger charge is 2.12. The third-order valence-electron chi connectivity index (χ3n) is 1.45. The third kappa shape index (κ3) is 7.97. The van der Waals surface area contributed by atoms with Gasteiger partial charge in [0.2, 0.25) is 0 Å². The summed E-state index contributed by atoms with van der Waals surface area (Å²) in [6.45, 7) is 6.97. The Kier molecular flexibility index (Phi) is 5.67. The number of carboxylic acids is 1. The zero-order chi connectivity index (χ0) is 11.2. The van der Waals surface area contributed by atoms with Gasteiger partial charge in [-0.05, 0) is 26.1 Å². The topological polar surface area (TPSA) is 72.5 Å². The quantitative estimate of drug-likeness (QED) is 0.398. The van der Waals surface area contributed by atoms with Gasteiger partial charge in [0.15, 0.2) is 8.32 Å². The fourth-order valence-electron chi connectivity index (χ4n) is 0.758. The van der Waals surface area contributed by atoms with Crippen molar-refractivity contribution in [1.82, 2.24) is 0 Å². The van der Waals surface area contributed by atoms with Crippen LogP contribution < -0.4 is 5.73 Å². The molecule has 1 atom stereocenters. The Bertz CT molecular complexity index is 211. The molecule has 5 heteroatoms. The van der Waals surface area contributed by atoms with Crippen LogP contribution in [0.4, 0.5) is 0 Å². The van der Waals surface area contributed by atoms with E-state index >= 15 is 0 Å². The maximum atomic E-state index is 10.3. The monoisotopic (exact) mass is 217 g/mol. The molecule has 82 valence electrons. The first kappa shape index (κ1) is 13.3. The first-order chi connectivity index (χ1) is 6.33. The number of rotatable bonds is 6. The Morgan fingerprint density at radius 3 is 2.57 bits per heavy atom. The molecule has 0 rings (SSSR count). The van der Waals surface area contributed by atoms with Gasteiger partial charge in [0.05, 0.1) is 0 Å². The van der Waals surface area contributed by atoms with E-state index in [0.717, 1.165) is 0 Å². The maximum absolute atomic E-state index is 10.3. The van der Waals surface area contributed by atoms with Crippen molar-refractivity contribution in [3.05, 3.63) is 12.2 Å². The first-order valence-electron chi connectivity index (χ1n) is 4.62. The van der Waals surface area contributed by atoms with Crippen LogP contribution in [0.3, 0.4) is 0 Å². The molecule has 0 aliphatic carbocycles. The van der Waals surface area contributed by atoms with Gasteiger partial charge in [-0.1, -0.05) is 12.2 Å². The van der Waals surface area contributed by atoms with Crippen LogP contribution in [0.15, 0.2) is 12.2 Å². The fourth-order valence-corrected chi connectivity index (χ4v) is 1.49. The molecule has 0 amide bonds. The van der Waals surface area contributed by atoms with Crippen molar-refractivity contribution in [2.75, 3.05) is 6.61 Å². The van der Waals surface area contributed by atoms with E-state index in [1.807, 2.05) is 0 Å². The lowest BCUT2D eigenvalue weighted by Gasteiger charge is -2.15. The van der Waals surface area contributed by atoms with Crippen LogP contribution in [0.25, 0.3) is 0 Å². The van der Waals surface area contributed by atoms with Gasteiger partial charge in [-0.3, -0.25) is 4.79 Å². The van der Waals surface area contributed by atoms with Gasteiger partial charge in [-0.2, -0.15) is 0 Å². The lowest BCUT2D eigenvalue weighted by atomic mass is 10.2. The Morgan fingerprint density at radius 1 is 1.57 bits per heavy atom. The summed E-state index contributed by atoms with van der Waals surface area (Å²) in [5.41, 5.74) is 5.27. The summed E-state index contributed by atoms with van der Waals surface area (Å²) in [6, 6.07) is -0.901. The molecule has 3 N–H and O–H groups in total. The molecule has 0 aromatic heterocycles. The maximum Gasteiger partial charge on any atom is 0.324 e. The summed E-state index contributed by atoms with van der Waals surface area (Å²) < 4.78 is 5.57. The molecule has 0 aliphatic heterocycles. The van der Waals surface area contributed by atoms with Crippen LogP contribution in [-0.4, -0.2) is 32.0 Å². The summed E-state index contributed by atoms with van der Waals surface area (Å²) in [5.74, 6) is -1.01. The van der Waals surface area contributed by atoms with Crippen molar-refractivity contribution < 1.29 is 14.3 Å². The Hall–Kier alpha value is -0.653. The molecule has 0 aromatic rings. The summed E-state index contributed by atoms with van der Waals surface area (Å²) in [4.78, 5) is 10.3. The lowest BCUT2D eigenvalue weighted by Crippen LogP contribution is -2.27. The van der Waals surface area contributed by atoms with E-state index in [1.165, 1.54) is 6.08 Å². The highest BCUT2D eigenvalue weighted by molar-refractivity contribution is 6.69. The zero-order valence-corrected chi connectivity index (χ0v) is 9.99. The van der Waals surface area contributed by atoms with E-state index in [9.17, 15) is 4.79 Å². The predicted molar refractivity (Wildman–Crippen MR) is 58.7 cm³/mol. The van der Waals surface area contributed by atoms with Crippen LogP contribution in [0.2, 0.25) is 19.6 Å². The van der Waals surface area contributed by atoms with Crippen LogP contribution in [0.1, 0.15) is 6.42 Å². The number of nitrogens with two attached hydrogens (primary N) is 1. The van der Waals surface area contributed by atoms with Gasteiger partial charge in [0.25, 0.3) is 0 Å². The standard InChI is InChI=1S/C9H19NO3Si/c1-14(2,3)13-7-5-4-6-8(10)9(11)12/h4,6,8H,5,7,10H2,1-3H3,(H,11,12)/b6-4+. The minimum absolute atomic E-state index is 0.637. The van der Waals surface area contributed by atoms with E-state index < -0.39 is 20.3 Å². The Labute approximate surface area is 85.9 Å². The van der Waals surface area contributed by atoms with Crippen LogP contribution >= 0.6 is 0 Å². The molecule has 0 heterocycles. The van der Waals surface area contributed by atoms with Crippen molar-refractivity contribution in [2.24, 2.45) is 5.73 Å². The summed E-state index contributed by atoms with van der Waals surface area (Å²) in [6.07, 6.45) is 3.94. The molecule has 0 aliphatic rings. The molecule has 0 spiro atoms. The van der Waals surface area contributed by atoms with Crippen molar-refractivity contribution in [3.63, 3.8) is 0 Å². The summed E-state index contributed by atoms with van der Waals surface area (Å²) in [7, 11) is -1.44. The Morgan fingerprint density at radius 2 is 2.14 bits per heavy atom. The minimum atomic E-state index is -1.44. The smallest absolute Gasteiger partial charge is 0.324 e. The minimum Gasteiger partial charge on any atom is -0.480 e. The van der Waals surface area contributed by atoms with Gasteiger partial charge < -0.3 is 15.3 Å². The molecule has 14 heavy (non-hydrogen) atoms. The van der Waals surface area contributed by atoms with Gasteiger partial charge >= 0.3 is 5.97 Å². The van der Waals surface area contributed by atoms with Crippen molar-refractivity contribution in [2.45, 2.75) is 32.1 Å². The molecule has 0 fully saturated rings. The fraction of sp³-hybridized carbons (Fsp3) is 0.667.